The Kier molecular flexibility index (Phi) is 3.39. The number of carbonyl (C=O) groups excluding carboxylic acids is 1. The molecule has 0 saturated carbocycles. The first-order chi connectivity index (χ1) is 8.30. The maximum absolute atomic E-state index is 12.1. The van der Waals surface area contributed by atoms with Gasteiger partial charge >= 0.3 is 0 Å². The Bertz CT molecular complexity index is 474. The predicted molar refractivity (Wildman–Crippen MR) is 75.4 cm³/mol. The highest BCUT2D eigenvalue weighted by molar-refractivity contribution is 6.34. The molecule has 1 amide bonds. The second-order valence-corrected chi connectivity index (χ2v) is 6.04. The number of nitrogens with one attached hydrogen (secondary N) is 1. The average Bonchev–Trinajstić information content (AvgIpc) is 2.21. The number of anilines is 1. The minimum absolute atomic E-state index is 0.0724. The van der Waals surface area contributed by atoms with Gasteiger partial charge in [0.1, 0.15) is 0 Å². The summed E-state index contributed by atoms with van der Waals surface area (Å²) in [5.41, 5.74) is 2.92. The number of rotatable bonds is 1. The van der Waals surface area contributed by atoms with Crippen molar-refractivity contribution in [2.75, 3.05) is 18.0 Å². The van der Waals surface area contributed by atoms with Crippen molar-refractivity contribution in [1.29, 1.82) is 0 Å². The van der Waals surface area contributed by atoms with E-state index >= 15 is 0 Å². The van der Waals surface area contributed by atoms with Crippen LogP contribution in [0.5, 0.6) is 0 Å². The van der Waals surface area contributed by atoms with Crippen LogP contribution in [-0.2, 0) is 4.79 Å². The van der Waals surface area contributed by atoms with Crippen LogP contribution in [0.25, 0.3) is 0 Å². The van der Waals surface area contributed by atoms with Crippen LogP contribution in [-0.4, -0.2) is 24.5 Å². The number of hydrogen-bond acceptors (Lipinski definition) is 2. The highest BCUT2D eigenvalue weighted by Crippen LogP contribution is 2.33. The second-order valence-electron chi connectivity index (χ2n) is 5.63. The molecular formula is C14H19ClN2O. The van der Waals surface area contributed by atoms with E-state index in [2.05, 4.69) is 25.2 Å². The molecule has 0 aliphatic carbocycles. The van der Waals surface area contributed by atoms with Gasteiger partial charge < -0.3 is 10.2 Å². The first-order valence-electron chi connectivity index (χ1n) is 6.12. The molecule has 4 heteroatoms. The van der Waals surface area contributed by atoms with Crippen molar-refractivity contribution in [3.05, 3.63) is 28.3 Å². The van der Waals surface area contributed by atoms with Gasteiger partial charge in [-0.05, 0) is 44.9 Å². The van der Waals surface area contributed by atoms with Gasteiger partial charge in [-0.25, -0.2) is 0 Å². The molecule has 1 aromatic rings. The third-order valence-electron chi connectivity index (χ3n) is 3.24. The maximum atomic E-state index is 12.1. The van der Waals surface area contributed by atoms with E-state index in [4.69, 9.17) is 11.6 Å². The number of carbonyl (C=O) groups is 1. The zero-order chi connectivity index (χ0) is 13.5. The lowest BCUT2D eigenvalue weighted by Crippen LogP contribution is -2.60. The fraction of sp³-hybridized carbons (Fsp3) is 0.500. The Morgan fingerprint density at radius 1 is 1.33 bits per heavy atom. The molecule has 0 radical (unpaired) electrons. The van der Waals surface area contributed by atoms with Crippen molar-refractivity contribution in [3.8, 4) is 0 Å². The van der Waals surface area contributed by atoms with Crippen molar-refractivity contribution in [3.63, 3.8) is 0 Å². The number of halogens is 1. The van der Waals surface area contributed by atoms with E-state index in [9.17, 15) is 4.79 Å². The Morgan fingerprint density at radius 3 is 2.61 bits per heavy atom. The summed E-state index contributed by atoms with van der Waals surface area (Å²) in [7, 11) is 0. The Labute approximate surface area is 113 Å². The summed E-state index contributed by atoms with van der Waals surface area (Å²) in [5.74, 6) is 0.0724. The lowest BCUT2D eigenvalue weighted by atomic mass is 10.00. The lowest BCUT2D eigenvalue weighted by molar-refractivity contribution is -0.119. The number of benzene rings is 1. The molecule has 1 heterocycles. The molecule has 1 aromatic carbocycles. The molecule has 0 bridgehead atoms. The summed E-state index contributed by atoms with van der Waals surface area (Å²) >= 11 is 6.31. The van der Waals surface area contributed by atoms with Gasteiger partial charge in [0, 0.05) is 12.1 Å². The second kappa shape index (κ2) is 4.56. The van der Waals surface area contributed by atoms with Crippen molar-refractivity contribution in [2.45, 2.75) is 33.2 Å². The van der Waals surface area contributed by atoms with Crippen LogP contribution < -0.4 is 10.2 Å². The smallest absolute Gasteiger partial charge is 0.241 e. The predicted octanol–water partition coefficient (Wildman–Crippen LogP) is 2.67. The highest BCUT2D eigenvalue weighted by Gasteiger charge is 2.33. The number of hydrogen-bond donors (Lipinski definition) is 1. The topological polar surface area (TPSA) is 32.3 Å². The Balaban J connectivity index is 2.44. The molecule has 3 nitrogen and oxygen atoms in total. The van der Waals surface area contributed by atoms with Crippen molar-refractivity contribution in [1.82, 2.24) is 5.32 Å². The Morgan fingerprint density at radius 2 is 2.00 bits per heavy atom. The van der Waals surface area contributed by atoms with Gasteiger partial charge in [0.15, 0.2) is 0 Å². The average molecular weight is 267 g/mol. The zero-order valence-corrected chi connectivity index (χ0v) is 12.1. The molecule has 1 aliphatic heterocycles. The van der Waals surface area contributed by atoms with E-state index in [-0.39, 0.29) is 11.4 Å². The monoisotopic (exact) mass is 266 g/mol. The molecule has 98 valence electrons. The molecule has 1 fully saturated rings. The summed E-state index contributed by atoms with van der Waals surface area (Å²) in [6, 6.07) is 3.97. The van der Waals surface area contributed by atoms with Crippen LogP contribution in [0.1, 0.15) is 25.0 Å². The minimum atomic E-state index is -0.0887. The summed E-state index contributed by atoms with van der Waals surface area (Å²) in [4.78, 5) is 13.9. The van der Waals surface area contributed by atoms with Gasteiger partial charge in [0.2, 0.25) is 5.91 Å². The van der Waals surface area contributed by atoms with Crippen LogP contribution in [0.3, 0.4) is 0 Å². The van der Waals surface area contributed by atoms with Crippen LogP contribution in [0.15, 0.2) is 12.1 Å². The first-order valence-corrected chi connectivity index (χ1v) is 6.50. The number of nitrogens with zero attached hydrogens (tertiary/aromatic N) is 1. The standard InChI is InChI=1S/C14H19ClN2O/c1-9-5-10(2)13(11(15)6-9)17-8-14(3,4)16-7-12(17)18/h5-6,16H,7-8H2,1-4H3. The van der Waals surface area contributed by atoms with E-state index in [1.807, 2.05) is 19.9 Å². The summed E-state index contributed by atoms with van der Waals surface area (Å²) in [6.07, 6.45) is 0. The number of aryl methyl sites for hydroxylation is 2. The third kappa shape index (κ3) is 2.52. The normalized spacial score (nSPS) is 19.2. The molecular weight excluding hydrogens is 248 g/mol. The number of amides is 1. The molecule has 1 saturated heterocycles. The Hall–Kier alpha value is -1.06. The van der Waals surface area contributed by atoms with Crippen molar-refractivity contribution < 1.29 is 4.79 Å². The van der Waals surface area contributed by atoms with Crippen LogP contribution in [0.4, 0.5) is 5.69 Å². The molecule has 18 heavy (non-hydrogen) atoms. The lowest BCUT2D eigenvalue weighted by Gasteiger charge is -2.39. The molecule has 2 rings (SSSR count). The molecule has 0 atom stereocenters. The van der Waals surface area contributed by atoms with Gasteiger partial charge in [-0.2, -0.15) is 0 Å². The molecule has 0 unspecified atom stereocenters. The van der Waals surface area contributed by atoms with Crippen LogP contribution in [0, 0.1) is 13.8 Å². The first kappa shape index (κ1) is 13.4. The maximum Gasteiger partial charge on any atom is 0.241 e. The van der Waals surface area contributed by atoms with Gasteiger partial charge in [-0.15, -0.1) is 0 Å². The van der Waals surface area contributed by atoms with Gasteiger partial charge in [0.25, 0.3) is 0 Å². The van der Waals surface area contributed by atoms with Crippen LogP contribution in [0.2, 0.25) is 5.02 Å². The van der Waals surface area contributed by atoms with Gasteiger partial charge in [-0.3, -0.25) is 4.79 Å². The number of piperazine rings is 1. The summed E-state index contributed by atoms with van der Waals surface area (Å²) < 4.78 is 0. The highest BCUT2D eigenvalue weighted by atomic mass is 35.5. The fourth-order valence-corrected chi connectivity index (χ4v) is 2.83. The SMILES string of the molecule is Cc1cc(C)c(N2CC(C)(C)NCC2=O)c(Cl)c1. The summed E-state index contributed by atoms with van der Waals surface area (Å²) in [6.45, 7) is 9.17. The molecule has 0 aromatic heterocycles. The van der Waals surface area contributed by atoms with Crippen molar-refractivity contribution >= 4 is 23.2 Å². The van der Waals surface area contributed by atoms with E-state index in [1.54, 1.807) is 4.90 Å². The minimum Gasteiger partial charge on any atom is -0.308 e. The van der Waals surface area contributed by atoms with Crippen LogP contribution >= 0.6 is 11.6 Å². The molecule has 1 aliphatic rings. The third-order valence-corrected chi connectivity index (χ3v) is 3.53. The van der Waals surface area contributed by atoms with E-state index < -0.39 is 0 Å². The molecule has 0 spiro atoms. The van der Waals surface area contributed by atoms with Gasteiger partial charge in [-0.1, -0.05) is 17.7 Å². The zero-order valence-electron chi connectivity index (χ0n) is 11.3. The van der Waals surface area contributed by atoms with E-state index in [0.29, 0.717) is 18.1 Å². The van der Waals surface area contributed by atoms with E-state index in [1.165, 1.54) is 0 Å². The largest absolute Gasteiger partial charge is 0.308 e. The van der Waals surface area contributed by atoms with Gasteiger partial charge in [0.05, 0.1) is 17.3 Å². The van der Waals surface area contributed by atoms with E-state index in [0.717, 1.165) is 16.8 Å². The summed E-state index contributed by atoms with van der Waals surface area (Å²) in [5, 5.41) is 3.88. The van der Waals surface area contributed by atoms with Crippen molar-refractivity contribution in [2.24, 2.45) is 0 Å². The quantitative estimate of drug-likeness (QED) is 0.848. The fourth-order valence-electron chi connectivity index (χ4n) is 2.40. The molecule has 1 N–H and O–H groups in total.